The van der Waals surface area contributed by atoms with Crippen LogP contribution in [0.2, 0.25) is 5.02 Å². The predicted molar refractivity (Wildman–Crippen MR) is 158 cm³/mol. The molecular weight excluding hydrogens is 520 g/mol. The van der Waals surface area contributed by atoms with Crippen LogP contribution in [0.1, 0.15) is 45.7 Å². The molecule has 0 aromatic heterocycles. The number of carbonyl (C=O) groups excluding carboxylic acids is 2. The van der Waals surface area contributed by atoms with Gasteiger partial charge in [-0.05, 0) is 66.7 Å². The summed E-state index contributed by atoms with van der Waals surface area (Å²) in [6, 6.07) is 19.5. The molecule has 0 unspecified atom stereocenters. The Labute approximate surface area is 233 Å². The number of ether oxygens (including phenoxy) is 1. The molecule has 2 amide bonds. The number of benzene rings is 3. The molecule has 2 N–H and O–H groups in total. The lowest BCUT2D eigenvalue weighted by molar-refractivity contribution is 0.0956. The van der Waals surface area contributed by atoms with Gasteiger partial charge in [-0.15, -0.1) is 0 Å². The number of hydrogen-bond donors (Lipinski definition) is 2. The van der Waals surface area contributed by atoms with Crippen LogP contribution in [-0.4, -0.2) is 55.4 Å². The minimum Gasteiger partial charge on any atom is -0.497 e. The molecule has 200 valence electrons. The Morgan fingerprint density at radius 1 is 1.03 bits per heavy atom. The van der Waals surface area contributed by atoms with E-state index in [4.69, 9.17) is 16.3 Å². The van der Waals surface area contributed by atoms with Crippen LogP contribution in [0.4, 0.5) is 5.69 Å². The maximum absolute atomic E-state index is 12.9. The molecule has 0 saturated carbocycles. The molecule has 0 atom stereocenters. The number of hydrazone groups is 1. The van der Waals surface area contributed by atoms with Gasteiger partial charge in [0.1, 0.15) is 5.75 Å². The van der Waals surface area contributed by atoms with Gasteiger partial charge in [-0.3, -0.25) is 9.59 Å². The minimum absolute atomic E-state index is 0.204. The smallest absolute Gasteiger partial charge is 0.273 e. The number of halogens is 1. The van der Waals surface area contributed by atoms with Crippen molar-refractivity contribution in [3.05, 3.63) is 94.0 Å². The summed E-state index contributed by atoms with van der Waals surface area (Å²) < 4.78 is 5.19. The van der Waals surface area contributed by atoms with Crippen molar-refractivity contribution in [2.24, 2.45) is 5.10 Å². The second-order valence-corrected chi connectivity index (χ2v) is 9.94. The van der Waals surface area contributed by atoms with Gasteiger partial charge in [0, 0.05) is 28.6 Å². The molecule has 38 heavy (non-hydrogen) atoms. The van der Waals surface area contributed by atoms with Crippen molar-refractivity contribution in [1.82, 2.24) is 10.3 Å². The maximum Gasteiger partial charge on any atom is 0.273 e. The van der Waals surface area contributed by atoms with Crippen LogP contribution in [0.5, 0.6) is 5.75 Å². The number of rotatable bonds is 13. The molecule has 0 aliphatic rings. The van der Waals surface area contributed by atoms with Crippen LogP contribution >= 0.6 is 23.4 Å². The molecular formula is C29H33ClN4O3S. The van der Waals surface area contributed by atoms with E-state index in [2.05, 4.69) is 34.6 Å². The van der Waals surface area contributed by atoms with Crippen LogP contribution in [0.25, 0.3) is 0 Å². The summed E-state index contributed by atoms with van der Waals surface area (Å²) in [4.78, 5) is 28.2. The Bertz CT molecular complexity index is 1250. The fourth-order valence-electron chi connectivity index (χ4n) is 3.63. The largest absolute Gasteiger partial charge is 0.497 e. The molecule has 7 nitrogen and oxygen atoms in total. The summed E-state index contributed by atoms with van der Waals surface area (Å²) in [5.41, 5.74) is 5.44. The summed E-state index contributed by atoms with van der Waals surface area (Å²) in [7, 11) is 1.58. The molecule has 0 bridgehead atoms. The van der Waals surface area contributed by atoms with E-state index in [9.17, 15) is 9.59 Å². The Balaban J connectivity index is 1.60. The molecule has 0 spiro atoms. The van der Waals surface area contributed by atoms with E-state index in [0.717, 1.165) is 42.3 Å². The predicted octanol–water partition coefficient (Wildman–Crippen LogP) is 5.94. The molecule has 3 aromatic rings. The van der Waals surface area contributed by atoms with E-state index in [1.165, 1.54) is 12.3 Å². The molecule has 0 saturated heterocycles. The van der Waals surface area contributed by atoms with E-state index in [-0.39, 0.29) is 11.5 Å². The first-order valence-electron chi connectivity index (χ1n) is 12.4. The first kappa shape index (κ1) is 29.2. The molecule has 9 heteroatoms. The molecule has 0 aliphatic carbocycles. The standard InChI is InChI=1S/C29H33ClN4O3S/c1-4-34(5-2)15-16-38-20-21-9-11-23(12-10-21)28(35)32-27-14-13-24(30)18-26(27)29(36)33-31-19-22-7-6-8-25(17-22)37-3/h6-14,17-19H,4-5,15-16,20H2,1-3H3,(H,32,35)(H,33,36)/b31-19+. The summed E-state index contributed by atoms with van der Waals surface area (Å²) in [6.45, 7) is 7.55. The van der Waals surface area contributed by atoms with Gasteiger partial charge in [0.2, 0.25) is 0 Å². The summed E-state index contributed by atoms with van der Waals surface area (Å²) in [5.74, 6) is 1.82. The average Bonchev–Trinajstić information content (AvgIpc) is 2.94. The lowest BCUT2D eigenvalue weighted by atomic mass is 10.1. The molecule has 3 rings (SSSR count). The SMILES string of the molecule is CCN(CC)CCSCc1ccc(C(=O)Nc2ccc(Cl)cc2C(=O)N/N=C/c2cccc(OC)c2)cc1. The highest BCUT2D eigenvalue weighted by Crippen LogP contribution is 2.22. The number of nitrogens with one attached hydrogen (secondary N) is 2. The van der Waals surface area contributed by atoms with Gasteiger partial charge in [-0.1, -0.05) is 49.7 Å². The number of thioether (sulfide) groups is 1. The zero-order valence-corrected chi connectivity index (χ0v) is 23.4. The number of amides is 2. The second-order valence-electron chi connectivity index (χ2n) is 8.40. The quantitative estimate of drug-likeness (QED) is 0.156. The normalized spacial score (nSPS) is 11.1. The fourth-order valence-corrected chi connectivity index (χ4v) is 4.76. The van der Waals surface area contributed by atoms with Crippen molar-refractivity contribution >= 4 is 47.1 Å². The van der Waals surface area contributed by atoms with Gasteiger partial charge < -0.3 is 15.0 Å². The van der Waals surface area contributed by atoms with E-state index in [1.54, 1.807) is 37.4 Å². The molecule has 0 fully saturated rings. The fraction of sp³-hybridized carbons (Fsp3) is 0.276. The van der Waals surface area contributed by atoms with Crippen LogP contribution in [0.15, 0.2) is 71.8 Å². The minimum atomic E-state index is -0.501. The third-order valence-corrected chi connectivity index (χ3v) is 7.12. The summed E-state index contributed by atoms with van der Waals surface area (Å²) in [6.07, 6.45) is 1.51. The zero-order valence-electron chi connectivity index (χ0n) is 21.9. The Morgan fingerprint density at radius 3 is 2.50 bits per heavy atom. The molecule has 3 aromatic carbocycles. The van der Waals surface area contributed by atoms with Crippen molar-refractivity contribution in [2.45, 2.75) is 19.6 Å². The van der Waals surface area contributed by atoms with Gasteiger partial charge in [0.05, 0.1) is 24.6 Å². The Hall–Kier alpha value is -3.33. The third kappa shape index (κ3) is 8.90. The first-order chi connectivity index (χ1) is 18.4. The number of nitrogens with zero attached hydrogens (tertiary/aromatic N) is 2. The number of carbonyl (C=O) groups is 2. The highest BCUT2D eigenvalue weighted by molar-refractivity contribution is 7.98. The maximum atomic E-state index is 12.9. The highest BCUT2D eigenvalue weighted by atomic mass is 35.5. The number of hydrogen-bond acceptors (Lipinski definition) is 6. The van der Waals surface area contributed by atoms with E-state index in [0.29, 0.717) is 22.0 Å². The number of anilines is 1. The van der Waals surface area contributed by atoms with Gasteiger partial charge >= 0.3 is 0 Å². The highest BCUT2D eigenvalue weighted by Gasteiger charge is 2.15. The summed E-state index contributed by atoms with van der Waals surface area (Å²) >= 11 is 8.01. The van der Waals surface area contributed by atoms with Gasteiger partial charge in [0.15, 0.2) is 0 Å². The third-order valence-electron chi connectivity index (χ3n) is 5.88. The molecule has 0 radical (unpaired) electrons. The lowest BCUT2D eigenvalue weighted by Gasteiger charge is -2.17. The lowest BCUT2D eigenvalue weighted by Crippen LogP contribution is -2.25. The van der Waals surface area contributed by atoms with E-state index >= 15 is 0 Å². The number of methoxy groups -OCH3 is 1. The van der Waals surface area contributed by atoms with Gasteiger partial charge in [0.25, 0.3) is 11.8 Å². The van der Waals surface area contributed by atoms with Crippen molar-refractivity contribution < 1.29 is 14.3 Å². The second kappa shape index (κ2) is 15.2. The van der Waals surface area contributed by atoms with Crippen molar-refractivity contribution in [3.8, 4) is 5.75 Å². The summed E-state index contributed by atoms with van der Waals surface area (Å²) in [5, 5.41) is 7.21. The van der Waals surface area contributed by atoms with Crippen LogP contribution < -0.4 is 15.5 Å². The van der Waals surface area contributed by atoms with Crippen molar-refractivity contribution in [2.75, 3.05) is 37.8 Å². The van der Waals surface area contributed by atoms with Crippen molar-refractivity contribution in [1.29, 1.82) is 0 Å². The monoisotopic (exact) mass is 552 g/mol. The first-order valence-corrected chi connectivity index (χ1v) is 13.9. The van der Waals surface area contributed by atoms with Crippen LogP contribution in [0, 0.1) is 0 Å². The van der Waals surface area contributed by atoms with Gasteiger partial charge in [-0.2, -0.15) is 16.9 Å². The topological polar surface area (TPSA) is 83.0 Å². The van der Waals surface area contributed by atoms with E-state index < -0.39 is 5.91 Å². The Morgan fingerprint density at radius 2 is 1.79 bits per heavy atom. The molecule has 0 heterocycles. The van der Waals surface area contributed by atoms with Crippen LogP contribution in [0.3, 0.4) is 0 Å². The Kier molecular flexibility index (Phi) is 11.7. The van der Waals surface area contributed by atoms with E-state index in [1.807, 2.05) is 42.1 Å². The van der Waals surface area contributed by atoms with Crippen LogP contribution in [-0.2, 0) is 5.75 Å². The average molecular weight is 553 g/mol. The molecule has 0 aliphatic heterocycles. The van der Waals surface area contributed by atoms with Crippen molar-refractivity contribution in [3.63, 3.8) is 0 Å². The zero-order chi connectivity index (χ0) is 27.3. The van der Waals surface area contributed by atoms with Gasteiger partial charge in [-0.25, -0.2) is 5.43 Å².